The van der Waals surface area contributed by atoms with Crippen molar-refractivity contribution in [1.29, 1.82) is 0 Å². The number of carboxylic acids is 1. The lowest BCUT2D eigenvalue weighted by Crippen LogP contribution is -2.28. The van der Waals surface area contributed by atoms with Crippen LogP contribution in [0, 0.1) is 5.92 Å². The number of hydrogen-bond acceptors (Lipinski definition) is 2. The summed E-state index contributed by atoms with van der Waals surface area (Å²) in [6.45, 7) is 2.23. The van der Waals surface area contributed by atoms with Gasteiger partial charge in [0.15, 0.2) is 0 Å². The monoisotopic (exact) mass is 243 g/mol. The van der Waals surface area contributed by atoms with Gasteiger partial charge in [-0.05, 0) is 22.9 Å². The predicted octanol–water partition coefficient (Wildman–Crippen LogP) is 3.00. The molecule has 0 aliphatic rings. The molecule has 0 heterocycles. The van der Waals surface area contributed by atoms with Crippen LogP contribution < -0.4 is 4.90 Å². The van der Waals surface area contributed by atoms with Gasteiger partial charge < -0.3 is 10.0 Å². The molecule has 0 aromatic heterocycles. The molecule has 0 amide bonds. The number of anilines is 1. The van der Waals surface area contributed by atoms with Crippen molar-refractivity contribution in [3.8, 4) is 0 Å². The van der Waals surface area contributed by atoms with Crippen molar-refractivity contribution in [2.45, 2.75) is 6.92 Å². The fraction of sp³-hybridized carbons (Fsp3) is 0.267. The molecule has 2 rings (SSSR count). The zero-order chi connectivity index (χ0) is 13.1. The number of fused-ring (bicyclic) bond motifs is 1. The molecule has 0 spiro atoms. The Labute approximate surface area is 107 Å². The van der Waals surface area contributed by atoms with Gasteiger partial charge in [0, 0.05) is 19.3 Å². The second-order valence-electron chi connectivity index (χ2n) is 4.65. The highest BCUT2D eigenvalue weighted by Crippen LogP contribution is 2.21. The van der Waals surface area contributed by atoms with Crippen molar-refractivity contribution in [3.05, 3.63) is 42.5 Å². The predicted molar refractivity (Wildman–Crippen MR) is 74.0 cm³/mol. The first-order valence-electron chi connectivity index (χ1n) is 6.00. The Kier molecular flexibility index (Phi) is 3.51. The third-order valence-electron chi connectivity index (χ3n) is 3.14. The first-order valence-corrected chi connectivity index (χ1v) is 6.00. The zero-order valence-corrected chi connectivity index (χ0v) is 10.6. The molecule has 3 nitrogen and oxygen atoms in total. The number of carboxylic acid groups (broad SMARTS) is 1. The second-order valence-corrected chi connectivity index (χ2v) is 4.65. The molecule has 1 unspecified atom stereocenters. The molecule has 3 heteroatoms. The highest BCUT2D eigenvalue weighted by atomic mass is 16.4. The molecule has 0 aliphatic carbocycles. The lowest BCUT2D eigenvalue weighted by molar-refractivity contribution is -0.140. The highest BCUT2D eigenvalue weighted by molar-refractivity contribution is 5.85. The van der Waals surface area contributed by atoms with Crippen molar-refractivity contribution in [2.75, 3.05) is 18.5 Å². The van der Waals surface area contributed by atoms with Gasteiger partial charge in [-0.15, -0.1) is 0 Å². The maximum absolute atomic E-state index is 10.9. The fourth-order valence-electron chi connectivity index (χ4n) is 2.01. The normalized spacial score (nSPS) is 12.3. The maximum Gasteiger partial charge on any atom is 0.308 e. The first kappa shape index (κ1) is 12.4. The summed E-state index contributed by atoms with van der Waals surface area (Å²) in [7, 11) is 1.92. The van der Waals surface area contributed by atoms with Gasteiger partial charge in [0.1, 0.15) is 0 Å². The molecule has 2 aromatic carbocycles. The largest absolute Gasteiger partial charge is 0.481 e. The quantitative estimate of drug-likeness (QED) is 0.897. The first-order chi connectivity index (χ1) is 8.58. The molecular formula is C15H17NO2. The van der Waals surface area contributed by atoms with E-state index in [0.717, 1.165) is 5.69 Å². The Morgan fingerprint density at radius 2 is 1.89 bits per heavy atom. The molecule has 0 aliphatic heterocycles. The number of hydrogen-bond donors (Lipinski definition) is 1. The van der Waals surface area contributed by atoms with Gasteiger partial charge in [-0.1, -0.05) is 37.3 Å². The average molecular weight is 243 g/mol. The Balaban J connectivity index is 2.22. The van der Waals surface area contributed by atoms with Crippen LogP contribution >= 0.6 is 0 Å². The van der Waals surface area contributed by atoms with E-state index in [1.807, 2.05) is 30.1 Å². The minimum atomic E-state index is -0.761. The van der Waals surface area contributed by atoms with Gasteiger partial charge in [-0.3, -0.25) is 4.79 Å². The van der Waals surface area contributed by atoms with Crippen molar-refractivity contribution >= 4 is 22.4 Å². The average Bonchev–Trinajstić information content (AvgIpc) is 2.37. The van der Waals surface area contributed by atoms with Crippen LogP contribution in [0.25, 0.3) is 10.8 Å². The molecular weight excluding hydrogens is 226 g/mol. The van der Waals surface area contributed by atoms with Crippen molar-refractivity contribution in [2.24, 2.45) is 5.92 Å². The number of benzene rings is 2. The van der Waals surface area contributed by atoms with Crippen LogP contribution in [0.4, 0.5) is 5.69 Å². The Hall–Kier alpha value is -2.03. The van der Waals surface area contributed by atoms with Crippen LogP contribution in [0.1, 0.15) is 6.92 Å². The van der Waals surface area contributed by atoms with E-state index in [4.69, 9.17) is 5.11 Å². The van der Waals surface area contributed by atoms with E-state index in [9.17, 15) is 4.79 Å². The third-order valence-corrected chi connectivity index (χ3v) is 3.14. The standard InChI is InChI=1S/C15H17NO2/c1-11(15(17)18)10-16(2)14-8-7-12-5-3-4-6-13(12)9-14/h3-9,11H,10H2,1-2H3,(H,17,18). The summed E-state index contributed by atoms with van der Waals surface area (Å²) in [6, 6.07) is 14.3. The number of rotatable bonds is 4. The van der Waals surface area contributed by atoms with Crippen LogP contribution in [0.5, 0.6) is 0 Å². The van der Waals surface area contributed by atoms with E-state index >= 15 is 0 Å². The zero-order valence-electron chi connectivity index (χ0n) is 10.6. The van der Waals surface area contributed by atoms with Gasteiger partial charge in [-0.2, -0.15) is 0 Å². The molecule has 1 N–H and O–H groups in total. The number of nitrogens with zero attached hydrogens (tertiary/aromatic N) is 1. The van der Waals surface area contributed by atoms with Crippen LogP contribution in [-0.4, -0.2) is 24.7 Å². The minimum Gasteiger partial charge on any atom is -0.481 e. The number of carbonyl (C=O) groups is 1. The van der Waals surface area contributed by atoms with Gasteiger partial charge >= 0.3 is 5.97 Å². The lowest BCUT2D eigenvalue weighted by Gasteiger charge is -2.21. The smallest absolute Gasteiger partial charge is 0.308 e. The van der Waals surface area contributed by atoms with Crippen LogP contribution in [0.3, 0.4) is 0 Å². The SMILES string of the molecule is CC(CN(C)c1ccc2ccccc2c1)C(=O)O. The highest BCUT2D eigenvalue weighted by Gasteiger charge is 2.13. The number of aliphatic carboxylic acids is 1. The van der Waals surface area contributed by atoms with Gasteiger partial charge in [0.05, 0.1) is 5.92 Å². The lowest BCUT2D eigenvalue weighted by atomic mass is 10.1. The molecule has 18 heavy (non-hydrogen) atoms. The Bertz CT molecular complexity index is 565. The summed E-state index contributed by atoms with van der Waals surface area (Å²) in [4.78, 5) is 12.8. The van der Waals surface area contributed by atoms with Crippen molar-refractivity contribution in [3.63, 3.8) is 0 Å². The van der Waals surface area contributed by atoms with Gasteiger partial charge in [0.2, 0.25) is 0 Å². The molecule has 0 radical (unpaired) electrons. The molecule has 94 valence electrons. The van der Waals surface area contributed by atoms with Gasteiger partial charge in [-0.25, -0.2) is 0 Å². The summed E-state index contributed by atoms with van der Waals surface area (Å²) < 4.78 is 0. The molecule has 0 fully saturated rings. The summed E-state index contributed by atoms with van der Waals surface area (Å²) in [5.41, 5.74) is 1.04. The van der Waals surface area contributed by atoms with Crippen molar-refractivity contribution in [1.82, 2.24) is 0 Å². The molecule has 0 bridgehead atoms. The Morgan fingerprint density at radius 1 is 1.22 bits per heavy atom. The van der Waals surface area contributed by atoms with E-state index in [-0.39, 0.29) is 5.92 Å². The van der Waals surface area contributed by atoms with Crippen LogP contribution in [0.15, 0.2) is 42.5 Å². The minimum absolute atomic E-state index is 0.374. The topological polar surface area (TPSA) is 40.5 Å². The van der Waals surface area contributed by atoms with E-state index in [0.29, 0.717) is 6.54 Å². The van der Waals surface area contributed by atoms with Crippen LogP contribution in [-0.2, 0) is 4.79 Å². The summed E-state index contributed by atoms with van der Waals surface area (Å²) in [6.07, 6.45) is 0. The van der Waals surface area contributed by atoms with Gasteiger partial charge in [0.25, 0.3) is 0 Å². The summed E-state index contributed by atoms with van der Waals surface area (Å²) >= 11 is 0. The summed E-state index contributed by atoms with van der Waals surface area (Å²) in [5.74, 6) is -1.14. The third kappa shape index (κ3) is 2.62. The molecule has 1 atom stereocenters. The van der Waals surface area contributed by atoms with Crippen LogP contribution in [0.2, 0.25) is 0 Å². The molecule has 0 saturated heterocycles. The van der Waals surface area contributed by atoms with E-state index in [1.54, 1.807) is 6.92 Å². The van der Waals surface area contributed by atoms with E-state index in [2.05, 4.69) is 24.3 Å². The van der Waals surface area contributed by atoms with E-state index in [1.165, 1.54) is 10.8 Å². The molecule has 2 aromatic rings. The fourth-order valence-corrected chi connectivity index (χ4v) is 2.01. The second kappa shape index (κ2) is 5.08. The maximum atomic E-state index is 10.9. The van der Waals surface area contributed by atoms with Crippen molar-refractivity contribution < 1.29 is 9.90 Å². The summed E-state index contributed by atoms with van der Waals surface area (Å²) in [5, 5.41) is 11.3. The van der Waals surface area contributed by atoms with E-state index < -0.39 is 5.97 Å². The Morgan fingerprint density at radius 3 is 2.56 bits per heavy atom. The molecule has 0 saturated carbocycles.